The molecule has 6 rings (SSSR count). The Bertz CT molecular complexity index is 1390. The van der Waals surface area contributed by atoms with Crippen LogP contribution in [0.25, 0.3) is 17.1 Å². The van der Waals surface area contributed by atoms with Crippen LogP contribution in [0.1, 0.15) is 0 Å². The van der Waals surface area contributed by atoms with Crippen molar-refractivity contribution in [2.24, 2.45) is 0 Å². The molecule has 5 heterocycles. The summed E-state index contributed by atoms with van der Waals surface area (Å²) in [5, 5.41) is 10.6. The molecule has 13 heteroatoms. The molecule has 0 radical (unpaired) electrons. The molecule has 1 aromatic carbocycles. The van der Waals surface area contributed by atoms with E-state index < -0.39 is 12.3 Å². The molecule has 4 N–H and O–H groups in total. The first kappa shape index (κ1) is 24.4. The Morgan fingerprint density at radius 2 is 2.00 bits per heavy atom. The Hall–Kier alpha value is -3.97. The highest BCUT2D eigenvalue weighted by atomic mass is 19.1. The normalized spacial score (nSPS) is 20.3. The number of anilines is 3. The maximum Gasteiger partial charge on any atom is 0.228 e. The minimum atomic E-state index is -1.08. The van der Waals surface area contributed by atoms with Crippen LogP contribution in [0.2, 0.25) is 0 Å². The zero-order valence-corrected chi connectivity index (χ0v) is 20.7. The molecule has 11 nitrogen and oxygen atoms in total. The van der Waals surface area contributed by atoms with Crippen molar-refractivity contribution in [3.8, 4) is 17.2 Å². The molecule has 200 valence electrons. The Kier molecular flexibility index (Phi) is 6.68. The van der Waals surface area contributed by atoms with Gasteiger partial charge in [0, 0.05) is 64.5 Å². The average molecular weight is 526 g/mol. The number of alkyl halides is 1. The van der Waals surface area contributed by atoms with Crippen LogP contribution in [0, 0.1) is 5.82 Å². The third kappa shape index (κ3) is 5.07. The van der Waals surface area contributed by atoms with E-state index in [1.54, 1.807) is 30.5 Å². The monoisotopic (exact) mass is 525 g/mol. The lowest BCUT2D eigenvalue weighted by Crippen LogP contribution is -2.48. The average Bonchev–Trinajstić information content (AvgIpc) is 3.67. The highest BCUT2D eigenvalue weighted by molar-refractivity contribution is 5.61. The summed E-state index contributed by atoms with van der Waals surface area (Å²) in [4.78, 5) is 13.1. The summed E-state index contributed by atoms with van der Waals surface area (Å²) < 4.78 is 41.1. The summed E-state index contributed by atoms with van der Waals surface area (Å²) >= 11 is 0. The molecule has 0 bridgehead atoms. The summed E-state index contributed by atoms with van der Waals surface area (Å²) in [7, 11) is 0. The Balaban J connectivity index is 0.998. The summed E-state index contributed by atoms with van der Waals surface area (Å²) in [5.74, 6) is 1.27. The molecule has 38 heavy (non-hydrogen) atoms. The maximum atomic E-state index is 14.8. The van der Waals surface area contributed by atoms with E-state index in [1.807, 2.05) is 11.0 Å². The van der Waals surface area contributed by atoms with Crippen molar-refractivity contribution in [3.05, 3.63) is 48.5 Å². The Morgan fingerprint density at radius 1 is 1.13 bits per heavy atom. The van der Waals surface area contributed by atoms with Crippen LogP contribution < -0.4 is 26.0 Å². The number of furan rings is 1. The summed E-state index contributed by atoms with van der Waals surface area (Å²) in [5.41, 5.74) is 7.81. The SMILES string of the molecule is Nc1nc(NCCN2CCN(c3ccc(O[C@H]4CNC[C@@H]4F)cc3F)CC2)nc2cc(-c3ccco3)nn12. The number of nitrogen functional groups attached to an aromatic ring is 1. The van der Waals surface area contributed by atoms with Crippen molar-refractivity contribution < 1.29 is 17.9 Å². The van der Waals surface area contributed by atoms with E-state index in [1.165, 1.54) is 10.6 Å². The predicted molar refractivity (Wildman–Crippen MR) is 139 cm³/mol. The highest BCUT2D eigenvalue weighted by Crippen LogP contribution is 2.27. The lowest BCUT2D eigenvalue weighted by Gasteiger charge is -2.36. The summed E-state index contributed by atoms with van der Waals surface area (Å²) in [6.45, 7) is 5.04. The molecule has 2 fully saturated rings. The Labute approximate surface area is 217 Å². The molecule has 2 aliphatic rings. The number of rotatable bonds is 8. The summed E-state index contributed by atoms with van der Waals surface area (Å²) in [6, 6.07) is 10.2. The first-order chi connectivity index (χ1) is 18.5. The van der Waals surface area contributed by atoms with Gasteiger partial charge in [0.1, 0.15) is 23.4 Å². The van der Waals surface area contributed by atoms with Gasteiger partial charge in [0.2, 0.25) is 11.9 Å². The topological polar surface area (TPSA) is 122 Å². The number of nitrogens with two attached hydrogens (primary N) is 1. The number of hydrogen-bond donors (Lipinski definition) is 3. The van der Waals surface area contributed by atoms with Gasteiger partial charge < -0.3 is 30.4 Å². The van der Waals surface area contributed by atoms with Gasteiger partial charge in [0.25, 0.3) is 0 Å². The smallest absolute Gasteiger partial charge is 0.228 e. The first-order valence-corrected chi connectivity index (χ1v) is 12.6. The quantitative estimate of drug-likeness (QED) is 0.315. The largest absolute Gasteiger partial charge is 0.486 e. The number of nitrogens with zero attached hydrogens (tertiary/aromatic N) is 6. The molecule has 4 aromatic rings. The number of aromatic nitrogens is 4. The number of benzene rings is 1. The van der Waals surface area contributed by atoms with E-state index in [-0.39, 0.29) is 18.3 Å². The first-order valence-electron chi connectivity index (χ1n) is 12.6. The number of hydrogen-bond acceptors (Lipinski definition) is 10. The van der Waals surface area contributed by atoms with Crippen molar-refractivity contribution in [2.45, 2.75) is 12.3 Å². The van der Waals surface area contributed by atoms with Crippen molar-refractivity contribution in [1.82, 2.24) is 29.8 Å². The van der Waals surface area contributed by atoms with Gasteiger partial charge in [-0.25, -0.2) is 8.78 Å². The molecule has 0 saturated carbocycles. The van der Waals surface area contributed by atoms with Gasteiger partial charge in [-0.05, 0) is 24.3 Å². The van der Waals surface area contributed by atoms with Crippen LogP contribution in [0.15, 0.2) is 47.1 Å². The molecule has 0 aliphatic carbocycles. The highest BCUT2D eigenvalue weighted by Gasteiger charge is 2.29. The van der Waals surface area contributed by atoms with Crippen molar-refractivity contribution >= 4 is 23.2 Å². The predicted octanol–water partition coefficient (Wildman–Crippen LogP) is 2.03. The number of fused-ring (bicyclic) bond motifs is 1. The number of nitrogens with one attached hydrogen (secondary N) is 2. The lowest BCUT2D eigenvalue weighted by molar-refractivity contribution is 0.139. The third-order valence-corrected chi connectivity index (χ3v) is 6.84. The van der Waals surface area contributed by atoms with Gasteiger partial charge in [-0.2, -0.15) is 19.6 Å². The minimum absolute atomic E-state index is 0.229. The fraction of sp³-hybridized carbons (Fsp3) is 0.400. The van der Waals surface area contributed by atoms with Gasteiger partial charge in [-0.3, -0.25) is 4.90 Å². The van der Waals surface area contributed by atoms with E-state index in [2.05, 4.69) is 30.6 Å². The second kappa shape index (κ2) is 10.4. The second-order valence-electron chi connectivity index (χ2n) is 9.38. The standard InChI is InChI=1S/C25H29F2N9O2/c26-17-12-16(38-22-15-29-14-18(22)27)3-4-20(17)35-9-7-34(8-10-35)6-5-30-25-31-23-13-19(21-2-1-11-37-21)33-36(23)24(28)32-25/h1-4,11-13,18,22,29H,5-10,14-15H2,(H3,28,30,31,32)/t18-,22-/m0/s1. The molecular formula is C25H29F2N9O2. The summed E-state index contributed by atoms with van der Waals surface area (Å²) in [6.07, 6.45) is -0.0832. The van der Waals surface area contributed by atoms with Crippen LogP contribution >= 0.6 is 0 Å². The third-order valence-electron chi connectivity index (χ3n) is 6.84. The number of piperazine rings is 1. The molecular weight excluding hydrogens is 496 g/mol. The van der Waals surface area contributed by atoms with E-state index in [4.69, 9.17) is 14.9 Å². The molecule has 2 atom stereocenters. The van der Waals surface area contributed by atoms with E-state index >= 15 is 0 Å². The molecule has 0 unspecified atom stereocenters. The van der Waals surface area contributed by atoms with E-state index in [9.17, 15) is 8.78 Å². The van der Waals surface area contributed by atoms with Crippen LogP contribution in [-0.4, -0.2) is 89.1 Å². The molecule has 2 saturated heterocycles. The fourth-order valence-corrected chi connectivity index (χ4v) is 4.80. The molecule has 0 amide bonds. The van der Waals surface area contributed by atoms with Crippen LogP contribution in [0.5, 0.6) is 5.75 Å². The van der Waals surface area contributed by atoms with Gasteiger partial charge in [-0.1, -0.05) is 0 Å². The van der Waals surface area contributed by atoms with Crippen LogP contribution in [0.3, 0.4) is 0 Å². The van der Waals surface area contributed by atoms with E-state index in [0.717, 1.165) is 19.6 Å². The number of halogens is 2. The van der Waals surface area contributed by atoms with Gasteiger partial charge in [0.15, 0.2) is 17.6 Å². The second-order valence-corrected chi connectivity index (χ2v) is 9.38. The van der Waals surface area contributed by atoms with E-state index in [0.29, 0.717) is 60.7 Å². The van der Waals surface area contributed by atoms with Crippen LogP contribution in [0.4, 0.5) is 26.4 Å². The molecule has 3 aromatic heterocycles. The maximum absolute atomic E-state index is 14.8. The Morgan fingerprint density at radius 3 is 2.74 bits per heavy atom. The van der Waals surface area contributed by atoms with Gasteiger partial charge in [-0.15, -0.1) is 0 Å². The van der Waals surface area contributed by atoms with Crippen molar-refractivity contribution in [2.75, 3.05) is 68.3 Å². The van der Waals surface area contributed by atoms with Crippen LogP contribution in [-0.2, 0) is 0 Å². The molecule has 2 aliphatic heterocycles. The number of ether oxygens (including phenoxy) is 1. The fourth-order valence-electron chi connectivity index (χ4n) is 4.80. The minimum Gasteiger partial charge on any atom is -0.486 e. The van der Waals surface area contributed by atoms with Gasteiger partial charge in [0.05, 0.1) is 12.0 Å². The van der Waals surface area contributed by atoms with Crippen molar-refractivity contribution in [1.29, 1.82) is 0 Å². The van der Waals surface area contributed by atoms with Gasteiger partial charge >= 0.3 is 0 Å². The zero-order chi connectivity index (χ0) is 26.1. The van der Waals surface area contributed by atoms with Crippen molar-refractivity contribution in [3.63, 3.8) is 0 Å². The zero-order valence-electron chi connectivity index (χ0n) is 20.7. The molecule has 0 spiro atoms. The lowest BCUT2D eigenvalue weighted by atomic mass is 10.2.